The maximum atomic E-state index is 12.9. The van der Waals surface area contributed by atoms with E-state index < -0.39 is 11.8 Å². The fourth-order valence-corrected chi connectivity index (χ4v) is 2.38. The number of carbonyl (C=O) groups excluding carboxylic acids is 2. The van der Waals surface area contributed by atoms with Crippen LogP contribution in [-0.4, -0.2) is 18.5 Å². The number of rotatable bonds is 2. The van der Waals surface area contributed by atoms with Gasteiger partial charge < -0.3 is 0 Å². The lowest BCUT2D eigenvalue weighted by Gasteiger charge is -2.17. The van der Waals surface area contributed by atoms with E-state index in [4.69, 9.17) is 11.6 Å². The number of urea groups is 1. The molecule has 6 heteroatoms. The van der Waals surface area contributed by atoms with Gasteiger partial charge in [-0.05, 0) is 42.5 Å². The van der Waals surface area contributed by atoms with Crippen LogP contribution in [0.15, 0.2) is 48.5 Å². The molecule has 0 aliphatic carbocycles. The topological polar surface area (TPSA) is 40.6 Å². The zero-order valence-corrected chi connectivity index (χ0v) is 11.5. The molecule has 21 heavy (non-hydrogen) atoms. The second kappa shape index (κ2) is 5.18. The summed E-state index contributed by atoms with van der Waals surface area (Å²) in [6.07, 6.45) is 0. The molecule has 3 amide bonds. The van der Waals surface area contributed by atoms with E-state index in [2.05, 4.69) is 0 Å². The first-order chi connectivity index (χ1) is 10.1. The summed E-state index contributed by atoms with van der Waals surface area (Å²) in [5.74, 6) is -0.795. The average molecular weight is 305 g/mol. The van der Waals surface area contributed by atoms with Gasteiger partial charge >= 0.3 is 6.03 Å². The summed E-state index contributed by atoms with van der Waals surface area (Å²) < 4.78 is 12.9. The molecule has 0 saturated carbocycles. The molecule has 106 valence electrons. The van der Waals surface area contributed by atoms with Gasteiger partial charge in [0.05, 0.1) is 5.69 Å². The Bertz CT molecular complexity index is 718. The maximum Gasteiger partial charge on any atom is 0.336 e. The van der Waals surface area contributed by atoms with Gasteiger partial charge in [-0.3, -0.25) is 9.69 Å². The van der Waals surface area contributed by atoms with Gasteiger partial charge in [0.15, 0.2) is 0 Å². The van der Waals surface area contributed by atoms with Crippen LogP contribution in [0, 0.1) is 5.82 Å². The molecule has 1 heterocycles. The minimum absolute atomic E-state index is 0.0729. The number of hydrogen-bond acceptors (Lipinski definition) is 2. The highest BCUT2D eigenvalue weighted by molar-refractivity contribution is 6.31. The molecule has 0 spiro atoms. The SMILES string of the molecule is O=C1CN(c2cccc(Cl)c2)C(=O)N1c1ccc(F)cc1. The van der Waals surface area contributed by atoms with Crippen LogP contribution in [0.1, 0.15) is 0 Å². The van der Waals surface area contributed by atoms with Gasteiger partial charge in [-0.25, -0.2) is 14.1 Å². The van der Waals surface area contributed by atoms with Gasteiger partial charge in [0, 0.05) is 10.7 Å². The van der Waals surface area contributed by atoms with Gasteiger partial charge in [-0.2, -0.15) is 0 Å². The molecular formula is C15H10ClFN2O2. The van der Waals surface area contributed by atoms with Crippen molar-refractivity contribution in [2.45, 2.75) is 0 Å². The smallest absolute Gasteiger partial charge is 0.284 e. The predicted molar refractivity (Wildman–Crippen MR) is 78.1 cm³/mol. The molecule has 1 aliphatic rings. The van der Waals surface area contributed by atoms with Crippen molar-refractivity contribution >= 4 is 34.9 Å². The molecule has 0 radical (unpaired) electrons. The number of benzene rings is 2. The lowest BCUT2D eigenvalue weighted by Crippen LogP contribution is -2.32. The fraction of sp³-hybridized carbons (Fsp3) is 0.0667. The Morgan fingerprint density at radius 2 is 1.71 bits per heavy atom. The summed E-state index contributed by atoms with van der Waals surface area (Å²) >= 11 is 5.90. The van der Waals surface area contributed by atoms with Crippen molar-refractivity contribution in [2.24, 2.45) is 0 Å². The van der Waals surface area contributed by atoms with Crippen molar-refractivity contribution in [3.05, 3.63) is 59.4 Å². The summed E-state index contributed by atoms with van der Waals surface area (Å²) in [6, 6.07) is 11.4. The highest BCUT2D eigenvalue weighted by atomic mass is 35.5. The zero-order chi connectivity index (χ0) is 15.0. The Morgan fingerprint density at radius 1 is 1.00 bits per heavy atom. The minimum atomic E-state index is -0.478. The van der Waals surface area contributed by atoms with Crippen LogP contribution in [0.25, 0.3) is 0 Å². The van der Waals surface area contributed by atoms with Crippen molar-refractivity contribution < 1.29 is 14.0 Å². The fourth-order valence-electron chi connectivity index (χ4n) is 2.19. The van der Waals surface area contributed by atoms with Gasteiger partial charge in [0.25, 0.3) is 5.91 Å². The molecule has 0 N–H and O–H groups in total. The average Bonchev–Trinajstić information content (AvgIpc) is 2.75. The third-order valence-corrected chi connectivity index (χ3v) is 3.40. The van der Waals surface area contributed by atoms with E-state index in [1.165, 1.54) is 29.2 Å². The normalized spacial score (nSPS) is 15.0. The maximum absolute atomic E-state index is 12.9. The molecule has 1 aliphatic heterocycles. The zero-order valence-electron chi connectivity index (χ0n) is 10.8. The van der Waals surface area contributed by atoms with E-state index in [-0.39, 0.29) is 12.5 Å². The molecule has 0 aromatic heterocycles. The molecule has 3 rings (SSSR count). The summed E-state index contributed by atoms with van der Waals surface area (Å²) in [5.41, 5.74) is 0.890. The molecule has 2 aromatic carbocycles. The molecule has 0 atom stereocenters. The summed E-state index contributed by atoms with van der Waals surface area (Å²) in [5, 5.41) is 0.480. The van der Waals surface area contributed by atoms with E-state index in [0.29, 0.717) is 16.4 Å². The number of carbonyl (C=O) groups is 2. The number of nitrogens with zero attached hydrogens (tertiary/aromatic N) is 2. The van der Waals surface area contributed by atoms with E-state index >= 15 is 0 Å². The number of imide groups is 1. The highest BCUT2D eigenvalue weighted by Gasteiger charge is 2.37. The van der Waals surface area contributed by atoms with E-state index in [9.17, 15) is 14.0 Å². The Kier molecular flexibility index (Phi) is 3.35. The van der Waals surface area contributed by atoms with Crippen molar-refractivity contribution in [1.82, 2.24) is 0 Å². The Balaban J connectivity index is 1.94. The molecule has 4 nitrogen and oxygen atoms in total. The van der Waals surface area contributed by atoms with Gasteiger partial charge in [-0.15, -0.1) is 0 Å². The van der Waals surface area contributed by atoms with Crippen molar-refractivity contribution in [3.8, 4) is 0 Å². The Labute approximate surface area is 125 Å². The quantitative estimate of drug-likeness (QED) is 0.797. The molecular weight excluding hydrogens is 295 g/mol. The number of anilines is 2. The molecule has 0 unspecified atom stereocenters. The predicted octanol–water partition coefficient (Wildman–Crippen LogP) is 3.45. The van der Waals surface area contributed by atoms with Crippen molar-refractivity contribution in [1.29, 1.82) is 0 Å². The van der Waals surface area contributed by atoms with Crippen LogP contribution >= 0.6 is 11.6 Å². The molecule has 2 aromatic rings. The second-order valence-electron chi connectivity index (χ2n) is 4.55. The van der Waals surface area contributed by atoms with Crippen LogP contribution in [0.5, 0.6) is 0 Å². The van der Waals surface area contributed by atoms with E-state index in [0.717, 1.165) is 4.90 Å². The third kappa shape index (κ3) is 2.48. The van der Waals surface area contributed by atoms with Gasteiger partial charge in [0.1, 0.15) is 12.4 Å². The van der Waals surface area contributed by atoms with Gasteiger partial charge in [0.2, 0.25) is 0 Å². The first-order valence-electron chi connectivity index (χ1n) is 6.22. The molecule has 0 bridgehead atoms. The van der Waals surface area contributed by atoms with Crippen LogP contribution in [0.3, 0.4) is 0 Å². The summed E-state index contributed by atoms with van der Waals surface area (Å²) in [4.78, 5) is 26.8. The monoisotopic (exact) mass is 304 g/mol. The molecule has 1 fully saturated rings. The summed E-state index contributed by atoms with van der Waals surface area (Å²) in [7, 11) is 0. The van der Waals surface area contributed by atoms with E-state index in [1.807, 2.05) is 0 Å². The minimum Gasteiger partial charge on any atom is -0.284 e. The van der Waals surface area contributed by atoms with E-state index in [1.54, 1.807) is 24.3 Å². The lowest BCUT2D eigenvalue weighted by atomic mass is 10.3. The lowest BCUT2D eigenvalue weighted by molar-refractivity contribution is -0.115. The first kappa shape index (κ1) is 13.6. The number of halogens is 2. The number of hydrogen-bond donors (Lipinski definition) is 0. The van der Waals surface area contributed by atoms with Crippen LogP contribution in [0.2, 0.25) is 5.02 Å². The Morgan fingerprint density at radius 3 is 2.38 bits per heavy atom. The molecule has 1 saturated heterocycles. The largest absolute Gasteiger partial charge is 0.336 e. The third-order valence-electron chi connectivity index (χ3n) is 3.17. The Hall–Kier alpha value is -2.40. The van der Waals surface area contributed by atoms with Gasteiger partial charge in [-0.1, -0.05) is 17.7 Å². The number of amides is 3. The standard InChI is InChI=1S/C15H10ClFN2O2/c16-10-2-1-3-13(8-10)18-9-14(20)19(15(18)21)12-6-4-11(17)5-7-12/h1-8H,9H2. The summed E-state index contributed by atoms with van der Waals surface area (Å²) in [6.45, 7) is -0.0729. The van der Waals surface area contributed by atoms with Crippen LogP contribution < -0.4 is 9.80 Å². The van der Waals surface area contributed by atoms with Crippen molar-refractivity contribution in [3.63, 3.8) is 0 Å². The van der Waals surface area contributed by atoms with Crippen LogP contribution in [0.4, 0.5) is 20.6 Å². The first-order valence-corrected chi connectivity index (χ1v) is 6.59. The second-order valence-corrected chi connectivity index (χ2v) is 4.99. The van der Waals surface area contributed by atoms with Crippen LogP contribution in [-0.2, 0) is 4.79 Å². The van der Waals surface area contributed by atoms with Crippen molar-refractivity contribution in [2.75, 3.05) is 16.3 Å². The highest BCUT2D eigenvalue weighted by Crippen LogP contribution is 2.27.